The standard InChI is InChI=1S/C20H22F3N2/c1-24(2)12-6-8-15-16-7-4-5-9-18(16)25(3)19-11-10-14(13-17(15)19)20(21,22)23/h4-5,7,9-11,13H,6,8,12H2,1-3H3/q+1. The molecule has 132 valence electrons. The van der Waals surface area contributed by atoms with E-state index in [1.807, 2.05) is 50.0 Å². The van der Waals surface area contributed by atoms with Crippen LogP contribution in [0.15, 0.2) is 42.5 Å². The van der Waals surface area contributed by atoms with Gasteiger partial charge in [-0.1, -0.05) is 12.1 Å². The third-order valence-electron chi connectivity index (χ3n) is 4.63. The van der Waals surface area contributed by atoms with Crippen molar-refractivity contribution < 1.29 is 17.7 Å². The highest BCUT2D eigenvalue weighted by Crippen LogP contribution is 2.33. The summed E-state index contributed by atoms with van der Waals surface area (Å²) < 4.78 is 41.6. The molecule has 0 unspecified atom stereocenters. The lowest BCUT2D eigenvalue weighted by Gasteiger charge is -2.14. The van der Waals surface area contributed by atoms with Gasteiger partial charge in [-0.2, -0.15) is 17.7 Å². The molecule has 0 radical (unpaired) electrons. The fourth-order valence-electron chi connectivity index (χ4n) is 3.38. The summed E-state index contributed by atoms with van der Waals surface area (Å²) in [7, 11) is 5.91. The lowest BCUT2D eigenvalue weighted by molar-refractivity contribution is -0.617. The average Bonchev–Trinajstić information content (AvgIpc) is 2.56. The molecule has 25 heavy (non-hydrogen) atoms. The topological polar surface area (TPSA) is 7.12 Å². The first-order valence-electron chi connectivity index (χ1n) is 8.34. The third kappa shape index (κ3) is 3.47. The normalized spacial score (nSPS) is 12.4. The molecule has 3 rings (SSSR count). The van der Waals surface area contributed by atoms with Gasteiger partial charge in [0.05, 0.1) is 16.3 Å². The second kappa shape index (κ2) is 6.64. The number of alkyl halides is 3. The Morgan fingerprint density at radius 2 is 1.64 bits per heavy atom. The summed E-state index contributed by atoms with van der Waals surface area (Å²) in [6, 6.07) is 12.0. The van der Waals surface area contributed by atoms with Crippen molar-refractivity contribution in [1.82, 2.24) is 4.90 Å². The number of benzene rings is 2. The van der Waals surface area contributed by atoms with Crippen molar-refractivity contribution >= 4 is 21.8 Å². The van der Waals surface area contributed by atoms with Crippen LogP contribution >= 0.6 is 0 Å². The molecule has 1 aromatic heterocycles. The van der Waals surface area contributed by atoms with Gasteiger partial charge in [0.15, 0.2) is 0 Å². The van der Waals surface area contributed by atoms with Gasteiger partial charge < -0.3 is 4.90 Å². The second-order valence-corrected chi connectivity index (χ2v) is 6.69. The highest BCUT2D eigenvalue weighted by molar-refractivity contribution is 5.94. The van der Waals surface area contributed by atoms with E-state index in [2.05, 4.69) is 4.90 Å². The Hall–Kier alpha value is -2.14. The van der Waals surface area contributed by atoms with Gasteiger partial charge in [0.2, 0.25) is 11.0 Å². The Morgan fingerprint density at radius 1 is 0.960 bits per heavy atom. The van der Waals surface area contributed by atoms with Crippen LogP contribution < -0.4 is 4.57 Å². The Kier molecular flexibility index (Phi) is 4.69. The van der Waals surface area contributed by atoms with Crippen LogP contribution in [0, 0.1) is 0 Å². The van der Waals surface area contributed by atoms with E-state index in [0.717, 1.165) is 41.4 Å². The van der Waals surface area contributed by atoms with Crippen molar-refractivity contribution in [2.24, 2.45) is 7.05 Å². The zero-order valence-corrected chi connectivity index (χ0v) is 14.7. The molecular formula is C20H22F3N2+. The van der Waals surface area contributed by atoms with Crippen molar-refractivity contribution in [3.63, 3.8) is 0 Å². The number of aromatic nitrogens is 1. The molecule has 1 heterocycles. The van der Waals surface area contributed by atoms with Gasteiger partial charge in [-0.3, -0.25) is 0 Å². The first kappa shape index (κ1) is 17.7. The SMILES string of the molecule is CN(C)CCCc1c2ccccc2[n+](C)c2ccc(C(F)(F)F)cc12. The fourth-order valence-corrected chi connectivity index (χ4v) is 3.38. The number of fused-ring (bicyclic) bond motifs is 2. The van der Waals surface area contributed by atoms with Crippen LogP contribution in [0.25, 0.3) is 21.8 Å². The van der Waals surface area contributed by atoms with E-state index in [9.17, 15) is 13.2 Å². The van der Waals surface area contributed by atoms with Gasteiger partial charge in [-0.05, 0) is 57.2 Å². The summed E-state index contributed by atoms with van der Waals surface area (Å²) in [6.07, 6.45) is -2.69. The van der Waals surface area contributed by atoms with Crippen molar-refractivity contribution in [3.8, 4) is 0 Å². The Labute approximate surface area is 145 Å². The number of para-hydroxylation sites is 1. The van der Waals surface area contributed by atoms with E-state index < -0.39 is 11.7 Å². The smallest absolute Gasteiger partial charge is 0.309 e. The molecule has 0 spiro atoms. The highest BCUT2D eigenvalue weighted by atomic mass is 19.4. The van der Waals surface area contributed by atoms with Crippen LogP contribution in [0.1, 0.15) is 17.5 Å². The molecular weight excluding hydrogens is 325 g/mol. The van der Waals surface area contributed by atoms with Crippen molar-refractivity contribution in [3.05, 3.63) is 53.6 Å². The molecule has 0 fully saturated rings. The van der Waals surface area contributed by atoms with E-state index in [4.69, 9.17) is 0 Å². The molecule has 2 nitrogen and oxygen atoms in total. The minimum absolute atomic E-state index is 0.593. The summed E-state index contributed by atoms with van der Waals surface area (Å²) in [5.74, 6) is 0. The lowest BCUT2D eigenvalue weighted by atomic mass is 9.96. The monoisotopic (exact) mass is 347 g/mol. The predicted octanol–water partition coefficient (Wildman–Crippen LogP) is 4.33. The largest absolute Gasteiger partial charge is 0.416 e. The van der Waals surface area contributed by atoms with Crippen LogP contribution in [0.2, 0.25) is 0 Å². The Balaban J connectivity index is 2.26. The zero-order valence-electron chi connectivity index (χ0n) is 14.7. The van der Waals surface area contributed by atoms with Gasteiger partial charge in [-0.25, -0.2) is 0 Å². The molecule has 0 amide bonds. The molecule has 0 bridgehead atoms. The number of hydrogen-bond acceptors (Lipinski definition) is 1. The summed E-state index contributed by atoms with van der Waals surface area (Å²) >= 11 is 0. The van der Waals surface area contributed by atoms with Crippen molar-refractivity contribution in [2.75, 3.05) is 20.6 Å². The van der Waals surface area contributed by atoms with Gasteiger partial charge >= 0.3 is 6.18 Å². The summed E-state index contributed by atoms with van der Waals surface area (Å²) in [5.41, 5.74) is 2.27. The van der Waals surface area contributed by atoms with E-state index >= 15 is 0 Å². The van der Waals surface area contributed by atoms with E-state index in [1.54, 1.807) is 6.07 Å². The molecule has 0 saturated carbocycles. The van der Waals surface area contributed by atoms with E-state index in [-0.39, 0.29) is 0 Å². The first-order valence-corrected chi connectivity index (χ1v) is 8.34. The number of hydrogen-bond donors (Lipinski definition) is 0. The maximum absolute atomic E-state index is 13.2. The number of halogens is 3. The van der Waals surface area contributed by atoms with Crippen molar-refractivity contribution in [1.29, 1.82) is 0 Å². The maximum Gasteiger partial charge on any atom is 0.416 e. The summed E-state index contributed by atoms with van der Waals surface area (Å²) in [4.78, 5) is 2.09. The van der Waals surface area contributed by atoms with Crippen LogP contribution in [-0.2, 0) is 19.6 Å². The molecule has 0 atom stereocenters. The lowest BCUT2D eigenvalue weighted by Crippen LogP contribution is -2.31. The highest BCUT2D eigenvalue weighted by Gasteiger charge is 2.31. The van der Waals surface area contributed by atoms with Gasteiger partial charge in [-0.15, -0.1) is 0 Å². The van der Waals surface area contributed by atoms with Gasteiger partial charge in [0, 0.05) is 12.1 Å². The Morgan fingerprint density at radius 3 is 2.32 bits per heavy atom. The molecule has 0 aliphatic carbocycles. The molecule has 0 saturated heterocycles. The van der Waals surface area contributed by atoms with Crippen molar-refractivity contribution in [2.45, 2.75) is 19.0 Å². The predicted molar refractivity (Wildman–Crippen MR) is 94.5 cm³/mol. The van der Waals surface area contributed by atoms with Crippen LogP contribution in [-0.4, -0.2) is 25.5 Å². The van der Waals surface area contributed by atoms with E-state index in [1.165, 1.54) is 12.1 Å². The van der Waals surface area contributed by atoms with Crippen LogP contribution in [0.5, 0.6) is 0 Å². The second-order valence-electron chi connectivity index (χ2n) is 6.69. The maximum atomic E-state index is 13.2. The minimum atomic E-state index is -4.33. The average molecular weight is 347 g/mol. The summed E-state index contributed by atoms with van der Waals surface area (Å²) in [5, 5.41) is 1.71. The van der Waals surface area contributed by atoms with Crippen LogP contribution in [0.3, 0.4) is 0 Å². The third-order valence-corrected chi connectivity index (χ3v) is 4.63. The van der Waals surface area contributed by atoms with Gasteiger partial charge in [0.1, 0.15) is 7.05 Å². The molecule has 5 heteroatoms. The molecule has 0 aliphatic heterocycles. The molecule has 0 N–H and O–H groups in total. The number of aryl methyl sites for hydroxylation is 2. The first-order chi connectivity index (χ1) is 11.8. The number of nitrogens with zero attached hydrogens (tertiary/aromatic N) is 2. The number of pyridine rings is 1. The summed E-state index contributed by atoms with van der Waals surface area (Å²) in [6.45, 7) is 0.899. The molecule has 2 aromatic carbocycles. The minimum Gasteiger partial charge on any atom is -0.309 e. The number of rotatable bonds is 4. The van der Waals surface area contributed by atoms with Gasteiger partial charge in [0.25, 0.3) is 0 Å². The molecule has 0 aliphatic rings. The fraction of sp³-hybridized carbons (Fsp3) is 0.350. The Bertz CT molecular complexity index is 914. The quantitative estimate of drug-likeness (QED) is 0.503. The van der Waals surface area contributed by atoms with Crippen LogP contribution in [0.4, 0.5) is 13.2 Å². The molecule has 3 aromatic rings. The van der Waals surface area contributed by atoms with E-state index in [0.29, 0.717) is 5.39 Å². The zero-order chi connectivity index (χ0) is 18.2.